The molecule has 1 N–H and O–H groups in total. The van der Waals surface area contributed by atoms with Crippen molar-refractivity contribution in [3.05, 3.63) is 123 Å². The van der Waals surface area contributed by atoms with Crippen molar-refractivity contribution in [3.8, 4) is 11.4 Å². The van der Waals surface area contributed by atoms with E-state index in [1.54, 1.807) is 48.1 Å². The SMILES string of the molecule is COc1ccc(C2=NN(C(=O)CSc3nnc(CNC(=O)c4cccs4)n3-c3cccc(Cl)c3)[C@@H](c3ccc(F)cc3)C2)cc1. The monoisotopic (exact) mass is 660 g/mol. The van der Waals surface area contributed by atoms with Crippen LogP contribution in [0.3, 0.4) is 0 Å². The third-order valence-electron chi connectivity index (χ3n) is 7.09. The van der Waals surface area contributed by atoms with Crippen LogP contribution >= 0.6 is 34.7 Å². The van der Waals surface area contributed by atoms with Crippen LogP contribution in [0.4, 0.5) is 4.39 Å². The van der Waals surface area contributed by atoms with Gasteiger partial charge in [-0.15, -0.1) is 21.5 Å². The third kappa shape index (κ3) is 6.93. The Morgan fingerprint density at radius 2 is 1.87 bits per heavy atom. The summed E-state index contributed by atoms with van der Waals surface area (Å²) in [5, 5.41) is 20.5. The molecule has 228 valence electrons. The number of amides is 2. The second-order valence-corrected chi connectivity index (χ2v) is 12.3. The molecule has 0 spiro atoms. The van der Waals surface area contributed by atoms with Crippen molar-refractivity contribution in [1.82, 2.24) is 25.1 Å². The molecule has 5 aromatic rings. The van der Waals surface area contributed by atoms with Gasteiger partial charge in [0, 0.05) is 11.4 Å². The number of methoxy groups -OCH3 is 1. The molecule has 1 aliphatic rings. The minimum absolute atomic E-state index is 0.00264. The van der Waals surface area contributed by atoms with E-state index in [9.17, 15) is 14.0 Å². The van der Waals surface area contributed by atoms with Gasteiger partial charge in [0.25, 0.3) is 11.8 Å². The number of carbonyl (C=O) groups excluding carboxylic acids is 2. The summed E-state index contributed by atoms with van der Waals surface area (Å²) in [6.07, 6.45) is 0.459. The molecule has 0 saturated heterocycles. The van der Waals surface area contributed by atoms with Crippen molar-refractivity contribution >= 4 is 52.2 Å². The molecule has 1 atom stereocenters. The largest absolute Gasteiger partial charge is 0.497 e. The van der Waals surface area contributed by atoms with Crippen LogP contribution in [-0.4, -0.2) is 50.2 Å². The standard InChI is InChI=1S/C32H26ClFN6O3S2/c1-43-25-13-9-20(10-14-25)26-17-27(21-7-11-23(34)12-8-21)40(38-26)30(41)19-45-32-37-36-29(18-35-31(42)28-6-3-15-44-28)39(32)24-5-2-4-22(33)16-24/h2-16,27H,17-19H2,1H3,(H,35,42)/t27-/m1/s1. The van der Waals surface area contributed by atoms with Gasteiger partial charge in [-0.25, -0.2) is 9.40 Å². The van der Waals surface area contributed by atoms with Crippen molar-refractivity contribution < 1.29 is 18.7 Å². The van der Waals surface area contributed by atoms with Crippen LogP contribution in [0.15, 0.2) is 101 Å². The van der Waals surface area contributed by atoms with E-state index >= 15 is 0 Å². The van der Waals surface area contributed by atoms with Crippen molar-refractivity contribution in [2.45, 2.75) is 24.2 Å². The summed E-state index contributed by atoms with van der Waals surface area (Å²) in [5.74, 6) is 0.349. The summed E-state index contributed by atoms with van der Waals surface area (Å²) < 4.78 is 20.8. The Hall–Kier alpha value is -4.52. The lowest BCUT2D eigenvalue weighted by atomic mass is 9.98. The Labute approximate surface area is 271 Å². The zero-order chi connectivity index (χ0) is 31.3. The number of hydrogen-bond donors (Lipinski definition) is 1. The summed E-state index contributed by atoms with van der Waals surface area (Å²) in [5.41, 5.74) is 3.05. The molecule has 2 amide bonds. The van der Waals surface area contributed by atoms with E-state index in [4.69, 9.17) is 21.4 Å². The van der Waals surface area contributed by atoms with Crippen LogP contribution in [0, 0.1) is 5.82 Å². The third-order valence-corrected chi connectivity index (χ3v) is 9.10. The number of hydrazone groups is 1. The highest BCUT2D eigenvalue weighted by Gasteiger charge is 2.33. The fraction of sp³-hybridized carbons (Fsp3) is 0.156. The first-order valence-electron chi connectivity index (χ1n) is 13.8. The van der Waals surface area contributed by atoms with E-state index in [2.05, 4.69) is 15.5 Å². The average Bonchev–Trinajstić information content (AvgIpc) is 3.83. The number of nitrogens with one attached hydrogen (secondary N) is 1. The molecule has 6 rings (SSSR count). The minimum atomic E-state index is -0.412. The zero-order valence-electron chi connectivity index (χ0n) is 23.9. The molecular formula is C32H26ClFN6O3S2. The van der Waals surface area contributed by atoms with Gasteiger partial charge in [0.1, 0.15) is 11.6 Å². The van der Waals surface area contributed by atoms with Gasteiger partial charge in [-0.2, -0.15) is 5.10 Å². The van der Waals surface area contributed by atoms with Crippen LogP contribution < -0.4 is 10.1 Å². The van der Waals surface area contributed by atoms with Gasteiger partial charge in [0.2, 0.25) is 0 Å². The van der Waals surface area contributed by atoms with Crippen molar-refractivity contribution in [2.24, 2.45) is 5.10 Å². The molecule has 0 bridgehead atoms. The van der Waals surface area contributed by atoms with Crippen LogP contribution in [-0.2, 0) is 11.3 Å². The molecule has 13 heteroatoms. The molecule has 45 heavy (non-hydrogen) atoms. The van der Waals surface area contributed by atoms with Gasteiger partial charge in [0.05, 0.1) is 41.7 Å². The van der Waals surface area contributed by atoms with Gasteiger partial charge in [0.15, 0.2) is 11.0 Å². The number of thioether (sulfide) groups is 1. The number of carbonyl (C=O) groups is 2. The number of hydrogen-bond acceptors (Lipinski definition) is 8. The average molecular weight is 661 g/mol. The van der Waals surface area contributed by atoms with E-state index in [0.29, 0.717) is 38.7 Å². The Balaban J connectivity index is 1.25. The van der Waals surface area contributed by atoms with E-state index in [1.165, 1.54) is 40.2 Å². The molecule has 3 aromatic carbocycles. The number of thiophene rings is 1. The Kier molecular flexibility index (Phi) is 9.24. The highest BCUT2D eigenvalue weighted by Crippen LogP contribution is 2.34. The summed E-state index contributed by atoms with van der Waals surface area (Å²) >= 11 is 8.84. The number of rotatable bonds is 10. The summed E-state index contributed by atoms with van der Waals surface area (Å²) in [7, 11) is 1.60. The topological polar surface area (TPSA) is 102 Å². The van der Waals surface area contributed by atoms with Crippen LogP contribution in [0.25, 0.3) is 5.69 Å². The highest BCUT2D eigenvalue weighted by molar-refractivity contribution is 7.99. The maximum atomic E-state index is 13.8. The Morgan fingerprint density at radius 3 is 2.58 bits per heavy atom. The summed E-state index contributed by atoms with van der Waals surface area (Å²) in [6, 6.07) is 23.9. The molecule has 0 unspecified atom stereocenters. The van der Waals surface area contributed by atoms with Gasteiger partial charge in [-0.1, -0.05) is 47.6 Å². The van der Waals surface area contributed by atoms with Crippen molar-refractivity contribution in [2.75, 3.05) is 12.9 Å². The number of benzene rings is 3. The first-order valence-corrected chi connectivity index (χ1v) is 16.1. The predicted octanol–water partition coefficient (Wildman–Crippen LogP) is 6.53. The Morgan fingerprint density at radius 1 is 1.07 bits per heavy atom. The molecule has 9 nitrogen and oxygen atoms in total. The van der Waals surface area contributed by atoms with Crippen molar-refractivity contribution in [1.29, 1.82) is 0 Å². The number of halogens is 2. The van der Waals surface area contributed by atoms with E-state index in [-0.39, 0.29) is 29.9 Å². The van der Waals surface area contributed by atoms with Crippen molar-refractivity contribution in [3.63, 3.8) is 0 Å². The van der Waals surface area contributed by atoms with Crippen LogP contribution in [0.1, 0.15) is 39.1 Å². The van der Waals surface area contributed by atoms with Crippen LogP contribution in [0.5, 0.6) is 5.75 Å². The van der Waals surface area contributed by atoms with E-state index in [0.717, 1.165) is 16.8 Å². The predicted molar refractivity (Wildman–Crippen MR) is 173 cm³/mol. The number of nitrogens with zero attached hydrogens (tertiary/aromatic N) is 5. The van der Waals surface area contributed by atoms with E-state index in [1.807, 2.05) is 41.8 Å². The molecule has 1 aliphatic heterocycles. The zero-order valence-corrected chi connectivity index (χ0v) is 26.3. The quantitative estimate of drug-likeness (QED) is 0.171. The summed E-state index contributed by atoms with van der Waals surface area (Å²) in [6.45, 7) is 0.110. The molecule has 0 aliphatic carbocycles. The van der Waals surface area contributed by atoms with Gasteiger partial charge < -0.3 is 10.1 Å². The lowest BCUT2D eigenvalue weighted by molar-refractivity contribution is -0.130. The molecular weight excluding hydrogens is 635 g/mol. The fourth-order valence-electron chi connectivity index (χ4n) is 4.87. The smallest absolute Gasteiger partial charge is 0.261 e. The fourth-order valence-corrected chi connectivity index (χ4v) is 6.52. The van der Waals surface area contributed by atoms with Gasteiger partial charge in [-0.3, -0.25) is 14.2 Å². The molecule has 0 radical (unpaired) electrons. The van der Waals surface area contributed by atoms with Gasteiger partial charge in [-0.05, 0) is 77.2 Å². The normalized spacial score (nSPS) is 14.3. The molecule has 3 heterocycles. The second kappa shape index (κ2) is 13.6. The van der Waals surface area contributed by atoms with E-state index < -0.39 is 6.04 Å². The molecule has 2 aromatic heterocycles. The summed E-state index contributed by atoms with van der Waals surface area (Å²) in [4.78, 5) is 27.0. The number of ether oxygens (including phenoxy) is 1. The Bertz CT molecular complexity index is 1850. The maximum Gasteiger partial charge on any atom is 0.261 e. The lowest BCUT2D eigenvalue weighted by Gasteiger charge is -2.22. The maximum absolute atomic E-state index is 13.8. The number of aromatic nitrogens is 3. The second-order valence-electron chi connectivity index (χ2n) is 9.95. The van der Waals surface area contributed by atoms with Gasteiger partial charge >= 0.3 is 0 Å². The lowest BCUT2D eigenvalue weighted by Crippen LogP contribution is -2.28. The first-order chi connectivity index (χ1) is 21.9. The molecule has 0 saturated carbocycles. The van der Waals surface area contributed by atoms with Crippen LogP contribution in [0.2, 0.25) is 5.02 Å². The molecule has 0 fully saturated rings. The first kappa shape index (κ1) is 30.5. The minimum Gasteiger partial charge on any atom is -0.497 e. The highest BCUT2D eigenvalue weighted by atomic mass is 35.5.